The van der Waals surface area contributed by atoms with Crippen LogP contribution in [0.5, 0.6) is 0 Å². The van der Waals surface area contributed by atoms with Crippen molar-refractivity contribution in [1.82, 2.24) is 15.1 Å². The number of benzene rings is 1. The number of aliphatic carboxylic acids is 1. The SMILES string of the molecule is CN(CC(=O)O)CC1CN(C(=O)NC(c2ccccc2)C(C)(C)C)CCO1. The quantitative estimate of drug-likeness (QED) is 0.794. The molecule has 2 atom stereocenters. The zero-order chi connectivity index (χ0) is 20.0. The van der Waals surface area contributed by atoms with E-state index in [1.165, 1.54) is 0 Å². The number of urea groups is 1. The third kappa shape index (κ3) is 6.52. The number of hydrogen-bond donors (Lipinski definition) is 2. The molecule has 7 nitrogen and oxygen atoms in total. The Kier molecular flexibility index (Phi) is 7.21. The summed E-state index contributed by atoms with van der Waals surface area (Å²) in [5.41, 5.74) is 0.939. The highest BCUT2D eigenvalue weighted by Gasteiger charge is 2.31. The molecule has 1 aliphatic rings. The van der Waals surface area contributed by atoms with Crippen LogP contribution in [0.4, 0.5) is 4.79 Å². The number of nitrogens with one attached hydrogen (secondary N) is 1. The number of carboxylic acid groups (broad SMARTS) is 1. The van der Waals surface area contributed by atoms with Crippen molar-refractivity contribution in [3.05, 3.63) is 35.9 Å². The zero-order valence-electron chi connectivity index (χ0n) is 16.6. The number of carbonyl (C=O) groups is 2. The van der Waals surface area contributed by atoms with E-state index in [4.69, 9.17) is 9.84 Å². The maximum Gasteiger partial charge on any atom is 0.318 e. The second-order valence-corrected chi connectivity index (χ2v) is 8.19. The topological polar surface area (TPSA) is 82.1 Å². The summed E-state index contributed by atoms with van der Waals surface area (Å²) in [6.45, 7) is 8.15. The fourth-order valence-electron chi connectivity index (χ4n) is 3.32. The van der Waals surface area contributed by atoms with Gasteiger partial charge in [-0.1, -0.05) is 51.1 Å². The van der Waals surface area contributed by atoms with Crippen LogP contribution in [0.15, 0.2) is 30.3 Å². The van der Waals surface area contributed by atoms with Gasteiger partial charge in [-0.15, -0.1) is 0 Å². The summed E-state index contributed by atoms with van der Waals surface area (Å²) >= 11 is 0. The van der Waals surface area contributed by atoms with Gasteiger partial charge in [-0.05, 0) is 18.0 Å². The third-order valence-corrected chi connectivity index (χ3v) is 4.61. The largest absolute Gasteiger partial charge is 0.480 e. The molecule has 0 saturated carbocycles. The maximum absolute atomic E-state index is 12.9. The predicted octanol–water partition coefficient (Wildman–Crippen LogP) is 2.20. The molecule has 27 heavy (non-hydrogen) atoms. The molecular weight excluding hydrogens is 346 g/mol. The molecule has 2 N–H and O–H groups in total. The van der Waals surface area contributed by atoms with Crippen molar-refractivity contribution < 1.29 is 19.4 Å². The standard InChI is InChI=1S/C20H31N3O4/c1-20(2,3)18(15-8-6-5-7-9-15)21-19(26)23-10-11-27-16(13-23)12-22(4)14-17(24)25/h5-9,16,18H,10-14H2,1-4H3,(H,21,26)(H,24,25). The Morgan fingerprint density at radius 2 is 2.00 bits per heavy atom. The fourth-order valence-corrected chi connectivity index (χ4v) is 3.32. The Labute approximate surface area is 161 Å². The van der Waals surface area contributed by atoms with E-state index in [0.717, 1.165) is 5.56 Å². The summed E-state index contributed by atoms with van der Waals surface area (Å²) in [6, 6.07) is 9.74. The molecule has 1 heterocycles. The van der Waals surface area contributed by atoms with Gasteiger partial charge in [0.05, 0.1) is 25.3 Å². The number of likely N-dealkylation sites (N-methyl/N-ethyl adjacent to an activating group) is 1. The molecule has 7 heteroatoms. The Morgan fingerprint density at radius 3 is 2.59 bits per heavy atom. The summed E-state index contributed by atoms with van der Waals surface area (Å²) in [7, 11) is 1.74. The van der Waals surface area contributed by atoms with Gasteiger partial charge in [-0.3, -0.25) is 9.69 Å². The van der Waals surface area contributed by atoms with Crippen LogP contribution < -0.4 is 5.32 Å². The highest BCUT2D eigenvalue weighted by molar-refractivity contribution is 5.75. The van der Waals surface area contributed by atoms with Gasteiger partial charge in [-0.2, -0.15) is 0 Å². The van der Waals surface area contributed by atoms with Gasteiger partial charge in [0.25, 0.3) is 0 Å². The lowest BCUT2D eigenvalue weighted by molar-refractivity contribution is -0.138. The normalized spacial score (nSPS) is 19.0. The van der Waals surface area contributed by atoms with E-state index in [1.807, 2.05) is 30.3 Å². The molecule has 2 rings (SSSR count). The second-order valence-electron chi connectivity index (χ2n) is 8.19. The van der Waals surface area contributed by atoms with E-state index < -0.39 is 5.97 Å². The minimum Gasteiger partial charge on any atom is -0.480 e. The smallest absolute Gasteiger partial charge is 0.318 e. The van der Waals surface area contributed by atoms with Crippen LogP contribution in [0.1, 0.15) is 32.4 Å². The van der Waals surface area contributed by atoms with Crippen LogP contribution in [-0.4, -0.2) is 72.8 Å². The summed E-state index contributed by atoms with van der Waals surface area (Å²) < 4.78 is 5.71. The first kappa shape index (κ1) is 21.2. The molecule has 1 aliphatic heterocycles. The monoisotopic (exact) mass is 377 g/mol. The molecule has 1 aromatic rings. The summed E-state index contributed by atoms with van der Waals surface area (Å²) in [5, 5.41) is 12.1. The lowest BCUT2D eigenvalue weighted by atomic mass is 9.82. The van der Waals surface area contributed by atoms with Gasteiger partial charge in [0.1, 0.15) is 0 Å². The Balaban J connectivity index is 2.00. The van der Waals surface area contributed by atoms with E-state index in [1.54, 1.807) is 16.8 Å². The molecule has 1 fully saturated rings. The minimum absolute atomic E-state index is 0.0494. The average molecular weight is 377 g/mol. The summed E-state index contributed by atoms with van der Waals surface area (Å²) in [6.07, 6.45) is -0.196. The van der Waals surface area contributed by atoms with Crippen LogP contribution in [0.25, 0.3) is 0 Å². The van der Waals surface area contributed by atoms with Crippen molar-refractivity contribution in [1.29, 1.82) is 0 Å². The van der Waals surface area contributed by atoms with Crippen LogP contribution in [-0.2, 0) is 9.53 Å². The van der Waals surface area contributed by atoms with Crippen molar-refractivity contribution in [3.63, 3.8) is 0 Å². The van der Waals surface area contributed by atoms with Gasteiger partial charge in [0.2, 0.25) is 0 Å². The number of rotatable bonds is 6. The zero-order valence-corrected chi connectivity index (χ0v) is 16.6. The summed E-state index contributed by atoms with van der Waals surface area (Å²) in [5.74, 6) is -0.876. The molecule has 0 aliphatic carbocycles. The van der Waals surface area contributed by atoms with Gasteiger partial charge in [-0.25, -0.2) is 4.79 Å². The number of carboxylic acids is 1. The van der Waals surface area contributed by atoms with E-state index >= 15 is 0 Å². The van der Waals surface area contributed by atoms with Gasteiger partial charge in [0, 0.05) is 19.6 Å². The molecular formula is C20H31N3O4. The molecule has 0 spiro atoms. The minimum atomic E-state index is -0.876. The molecule has 0 bridgehead atoms. The average Bonchev–Trinajstić information content (AvgIpc) is 2.58. The van der Waals surface area contributed by atoms with Gasteiger partial charge >= 0.3 is 12.0 Å². The Hall–Kier alpha value is -2.12. The van der Waals surface area contributed by atoms with Crippen molar-refractivity contribution in [3.8, 4) is 0 Å². The highest BCUT2D eigenvalue weighted by Crippen LogP contribution is 2.32. The van der Waals surface area contributed by atoms with Gasteiger partial charge in [0.15, 0.2) is 0 Å². The van der Waals surface area contributed by atoms with Crippen LogP contribution >= 0.6 is 0 Å². The fraction of sp³-hybridized carbons (Fsp3) is 0.600. The number of hydrogen-bond acceptors (Lipinski definition) is 4. The van der Waals surface area contributed by atoms with E-state index in [-0.39, 0.29) is 30.1 Å². The molecule has 0 radical (unpaired) electrons. The number of morpholine rings is 1. The van der Waals surface area contributed by atoms with Crippen LogP contribution in [0.2, 0.25) is 0 Å². The third-order valence-electron chi connectivity index (χ3n) is 4.61. The van der Waals surface area contributed by atoms with Crippen molar-refractivity contribution in [2.45, 2.75) is 32.9 Å². The van der Waals surface area contributed by atoms with Crippen molar-refractivity contribution in [2.24, 2.45) is 5.41 Å². The van der Waals surface area contributed by atoms with Gasteiger partial charge < -0.3 is 20.1 Å². The van der Waals surface area contributed by atoms with E-state index in [2.05, 4.69) is 26.1 Å². The molecule has 2 amide bonds. The van der Waals surface area contributed by atoms with E-state index in [0.29, 0.717) is 26.2 Å². The molecule has 2 unspecified atom stereocenters. The Bertz CT molecular complexity index is 630. The van der Waals surface area contributed by atoms with Crippen molar-refractivity contribution in [2.75, 3.05) is 39.8 Å². The van der Waals surface area contributed by atoms with E-state index in [9.17, 15) is 9.59 Å². The first-order valence-corrected chi connectivity index (χ1v) is 9.29. The number of amides is 2. The number of carbonyl (C=O) groups excluding carboxylic acids is 1. The predicted molar refractivity (Wildman–Crippen MR) is 104 cm³/mol. The number of nitrogens with zero attached hydrogens (tertiary/aromatic N) is 2. The molecule has 150 valence electrons. The molecule has 1 saturated heterocycles. The first-order valence-electron chi connectivity index (χ1n) is 9.29. The van der Waals surface area contributed by atoms with Crippen LogP contribution in [0, 0.1) is 5.41 Å². The first-order chi connectivity index (χ1) is 12.7. The lowest BCUT2D eigenvalue weighted by Crippen LogP contribution is -2.53. The Morgan fingerprint density at radius 1 is 1.33 bits per heavy atom. The molecule has 1 aromatic carbocycles. The maximum atomic E-state index is 12.9. The second kappa shape index (κ2) is 9.19. The molecule has 0 aromatic heterocycles. The van der Waals surface area contributed by atoms with Crippen molar-refractivity contribution >= 4 is 12.0 Å². The number of ether oxygens (including phenoxy) is 1. The summed E-state index contributed by atoms with van der Waals surface area (Å²) in [4.78, 5) is 27.2. The lowest BCUT2D eigenvalue weighted by Gasteiger charge is -2.38. The van der Waals surface area contributed by atoms with Crippen LogP contribution in [0.3, 0.4) is 0 Å². The highest BCUT2D eigenvalue weighted by atomic mass is 16.5.